The van der Waals surface area contributed by atoms with Gasteiger partial charge in [-0.05, 0) is 18.6 Å². The number of nitrogens with one attached hydrogen (secondary N) is 1. The number of nitrogens with zero attached hydrogens (tertiary/aromatic N) is 2. The lowest BCUT2D eigenvalue weighted by atomic mass is 10.1. The third-order valence-corrected chi connectivity index (χ3v) is 1.95. The second kappa shape index (κ2) is 5.21. The van der Waals surface area contributed by atoms with E-state index < -0.39 is 12.2 Å². The van der Waals surface area contributed by atoms with E-state index in [2.05, 4.69) is 15.3 Å². The molecule has 14 heavy (non-hydrogen) atoms. The molecule has 6 heteroatoms. The first-order valence-corrected chi connectivity index (χ1v) is 4.51. The van der Waals surface area contributed by atoms with Crippen LogP contribution < -0.4 is 5.32 Å². The Labute approximate surface area is 86.8 Å². The Morgan fingerprint density at radius 2 is 2.00 bits per heavy atom. The fourth-order valence-electron chi connectivity index (χ4n) is 1.02. The fourth-order valence-corrected chi connectivity index (χ4v) is 1.12. The van der Waals surface area contributed by atoms with E-state index in [9.17, 15) is 10.2 Å². The second-order valence-electron chi connectivity index (χ2n) is 2.86. The largest absolute Gasteiger partial charge is 0.389 e. The molecule has 0 bridgehead atoms. The highest BCUT2D eigenvalue weighted by molar-refractivity contribution is 6.28. The minimum absolute atomic E-state index is 0.115. The van der Waals surface area contributed by atoms with Crippen molar-refractivity contribution in [3.05, 3.63) is 23.2 Å². The SMILES string of the molecule is CNCC(O)C(O)c1cnc(Cl)nc1. The van der Waals surface area contributed by atoms with E-state index in [0.29, 0.717) is 12.1 Å². The van der Waals surface area contributed by atoms with Gasteiger partial charge in [0.1, 0.15) is 6.10 Å². The molecule has 0 amide bonds. The fraction of sp³-hybridized carbons (Fsp3) is 0.500. The summed E-state index contributed by atoms with van der Waals surface area (Å²) < 4.78 is 0. The number of hydrogen-bond donors (Lipinski definition) is 3. The van der Waals surface area contributed by atoms with E-state index in [1.807, 2.05) is 0 Å². The van der Waals surface area contributed by atoms with Crippen molar-refractivity contribution in [1.29, 1.82) is 0 Å². The van der Waals surface area contributed by atoms with Gasteiger partial charge in [0.2, 0.25) is 5.28 Å². The summed E-state index contributed by atoms with van der Waals surface area (Å²) in [5, 5.41) is 21.9. The van der Waals surface area contributed by atoms with E-state index >= 15 is 0 Å². The van der Waals surface area contributed by atoms with Gasteiger partial charge in [-0.2, -0.15) is 0 Å². The van der Waals surface area contributed by atoms with Crippen LogP contribution in [0.1, 0.15) is 11.7 Å². The lowest BCUT2D eigenvalue weighted by molar-refractivity contribution is 0.0198. The van der Waals surface area contributed by atoms with E-state index in [0.717, 1.165) is 0 Å². The summed E-state index contributed by atoms with van der Waals surface area (Å²) in [7, 11) is 1.69. The molecule has 0 aromatic carbocycles. The zero-order chi connectivity index (χ0) is 10.6. The molecule has 0 fully saturated rings. The Morgan fingerprint density at radius 1 is 1.43 bits per heavy atom. The van der Waals surface area contributed by atoms with Crippen LogP contribution in [0.25, 0.3) is 0 Å². The summed E-state index contributed by atoms with van der Waals surface area (Å²) >= 11 is 5.48. The molecule has 1 aromatic rings. The first-order valence-electron chi connectivity index (χ1n) is 4.13. The molecule has 0 aliphatic rings. The lowest BCUT2D eigenvalue weighted by Crippen LogP contribution is -2.29. The molecule has 1 heterocycles. The molecular formula is C8H12ClN3O2. The highest BCUT2D eigenvalue weighted by Crippen LogP contribution is 2.15. The average Bonchev–Trinajstić information content (AvgIpc) is 2.18. The maximum Gasteiger partial charge on any atom is 0.222 e. The van der Waals surface area contributed by atoms with Gasteiger partial charge in [0.25, 0.3) is 0 Å². The molecule has 3 N–H and O–H groups in total. The number of hydrogen-bond acceptors (Lipinski definition) is 5. The van der Waals surface area contributed by atoms with Gasteiger partial charge < -0.3 is 15.5 Å². The van der Waals surface area contributed by atoms with Crippen LogP contribution >= 0.6 is 11.6 Å². The molecule has 2 atom stereocenters. The van der Waals surface area contributed by atoms with Crippen molar-refractivity contribution in [2.45, 2.75) is 12.2 Å². The van der Waals surface area contributed by atoms with E-state index in [-0.39, 0.29) is 5.28 Å². The Hall–Kier alpha value is -0.750. The van der Waals surface area contributed by atoms with Crippen LogP contribution in [0.2, 0.25) is 5.28 Å². The molecule has 78 valence electrons. The maximum absolute atomic E-state index is 9.60. The van der Waals surface area contributed by atoms with Gasteiger partial charge in [0.05, 0.1) is 6.10 Å². The summed E-state index contributed by atoms with van der Waals surface area (Å²) in [5.41, 5.74) is 0.442. The van der Waals surface area contributed by atoms with Gasteiger partial charge in [-0.3, -0.25) is 0 Å². The zero-order valence-corrected chi connectivity index (χ0v) is 8.44. The standard InChI is InChI=1S/C8H12ClN3O2/c1-10-4-6(13)7(14)5-2-11-8(9)12-3-5/h2-3,6-7,10,13-14H,4H2,1H3. The smallest absolute Gasteiger partial charge is 0.222 e. The van der Waals surface area contributed by atoms with Crippen LogP contribution in [0.4, 0.5) is 0 Å². The summed E-state index contributed by atoms with van der Waals surface area (Å²) in [6.07, 6.45) is 0.891. The summed E-state index contributed by atoms with van der Waals surface area (Å²) in [6, 6.07) is 0. The Balaban J connectivity index is 2.68. The van der Waals surface area contributed by atoms with Crippen LogP contribution in [-0.2, 0) is 0 Å². The van der Waals surface area contributed by atoms with E-state index in [1.165, 1.54) is 12.4 Å². The van der Waals surface area contributed by atoms with Crippen molar-refractivity contribution in [2.75, 3.05) is 13.6 Å². The minimum atomic E-state index is -1.00. The van der Waals surface area contributed by atoms with Gasteiger partial charge in [-0.25, -0.2) is 9.97 Å². The van der Waals surface area contributed by atoms with Gasteiger partial charge in [-0.15, -0.1) is 0 Å². The van der Waals surface area contributed by atoms with Gasteiger partial charge in [-0.1, -0.05) is 0 Å². The third kappa shape index (κ3) is 2.88. The molecular weight excluding hydrogens is 206 g/mol. The topological polar surface area (TPSA) is 78.3 Å². The van der Waals surface area contributed by atoms with E-state index in [1.54, 1.807) is 7.05 Å². The molecule has 0 spiro atoms. The average molecular weight is 218 g/mol. The maximum atomic E-state index is 9.60. The molecule has 0 saturated heterocycles. The second-order valence-corrected chi connectivity index (χ2v) is 3.19. The quantitative estimate of drug-likeness (QED) is 0.606. The van der Waals surface area contributed by atoms with Crippen LogP contribution in [0, 0.1) is 0 Å². The Bertz CT molecular complexity index is 280. The third-order valence-electron chi connectivity index (χ3n) is 1.76. The predicted molar refractivity (Wildman–Crippen MR) is 51.9 cm³/mol. The van der Waals surface area contributed by atoms with Crippen LogP contribution in [0.3, 0.4) is 0 Å². The van der Waals surface area contributed by atoms with Gasteiger partial charge in [0, 0.05) is 24.5 Å². The molecule has 5 nitrogen and oxygen atoms in total. The van der Waals surface area contributed by atoms with Gasteiger partial charge >= 0.3 is 0 Å². The molecule has 0 aliphatic heterocycles. The molecule has 1 rings (SSSR count). The Kier molecular flexibility index (Phi) is 4.21. The normalized spacial score (nSPS) is 15.1. The van der Waals surface area contributed by atoms with Crippen LogP contribution in [-0.4, -0.2) is 39.9 Å². The predicted octanol–water partition coefficient (Wildman–Crippen LogP) is -0.256. The first kappa shape index (κ1) is 11.3. The molecule has 0 radical (unpaired) electrons. The molecule has 2 unspecified atom stereocenters. The van der Waals surface area contributed by atoms with Crippen molar-refractivity contribution < 1.29 is 10.2 Å². The van der Waals surface area contributed by atoms with Crippen molar-refractivity contribution in [3.63, 3.8) is 0 Å². The molecule has 0 saturated carbocycles. The summed E-state index contributed by atoms with van der Waals surface area (Å²) in [5.74, 6) is 0. The minimum Gasteiger partial charge on any atom is -0.389 e. The van der Waals surface area contributed by atoms with Gasteiger partial charge in [0.15, 0.2) is 0 Å². The Morgan fingerprint density at radius 3 is 2.50 bits per heavy atom. The van der Waals surface area contributed by atoms with Crippen molar-refractivity contribution in [3.8, 4) is 0 Å². The van der Waals surface area contributed by atoms with Crippen molar-refractivity contribution in [2.24, 2.45) is 0 Å². The summed E-state index contributed by atoms with van der Waals surface area (Å²) in [6.45, 7) is 0.295. The lowest BCUT2D eigenvalue weighted by Gasteiger charge is -2.16. The highest BCUT2D eigenvalue weighted by atomic mass is 35.5. The number of rotatable bonds is 4. The van der Waals surface area contributed by atoms with Crippen molar-refractivity contribution >= 4 is 11.6 Å². The highest BCUT2D eigenvalue weighted by Gasteiger charge is 2.17. The van der Waals surface area contributed by atoms with Crippen LogP contribution in [0.15, 0.2) is 12.4 Å². The first-order chi connectivity index (χ1) is 6.65. The van der Waals surface area contributed by atoms with E-state index in [4.69, 9.17) is 11.6 Å². The molecule has 0 aliphatic carbocycles. The number of aliphatic hydroxyl groups excluding tert-OH is 2. The number of likely N-dealkylation sites (N-methyl/N-ethyl adjacent to an activating group) is 1. The number of aliphatic hydroxyl groups is 2. The molecule has 1 aromatic heterocycles. The number of halogens is 1. The summed E-state index contributed by atoms with van der Waals surface area (Å²) in [4.78, 5) is 7.41. The monoisotopic (exact) mass is 217 g/mol. The van der Waals surface area contributed by atoms with Crippen LogP contribution in [0.5, 0.6) is 0 Å². The zero-order valence-electron chi connectivity index (χ0n) is 7.68. The number of aromatic nitrogens is 2. The van der Waals surface area contributed by atoms with Crippen molar-refractivity contribution in [1.82, 2.24) is 15.3 Å².